The Morgan fingerprint density at radius 1 is 1.26 bits per heavy atom. The molecule has 2 amide bonds. The Morgan fingerprint density at radius 2 is 2.00 bits per heavy atom. The van der Waals surface area contributed by atoms with Gasteiger partial charge in [0.25, 0.3) is 0 Å². The van der Waals surface area contributed by atoms with E-state index in [4.69, 9.17) is 11.5 Å². The number of nitrogens with zero attached hydrogens (tertiary/aromatic N) is 2. The largest absolute Gasteiger partial charge is 0.370 e. The van der Waals surface area contributed by atoms with Crippen LogP contribution >= 0.6 is 0 Å². The molecule has 1 saturated carbocycles. The molecule has 1 aromatic rings. The number of primary amides is 1. The fourth-order valence-corrected chi connectivity index (χ4v) is 3.60. The number of nitrogens with one attached hydrogen (secondary N) is 1. The van der Waals surface area contributed by atoms with Gasteiger partial charge in [-0.15, -0.1) is 0 Å². The molecule has 1 aliphatic rings. The molecule has 1 unspecified atom stereocenters. The topological polar surface area (TPSA) is 116 Å². The summed E-state index contributed by atoms with van der Waals surface area (Å²) in [6.45, 7) is 0.298. The van der Waals surface area contributed by atoms with Crippen LogP contribution in [-0.2, 0) is 15.3 Å². The van der Waals surface area contributed by atoms with E-state index in [1.54, 1.807) is 12.5 Å². The number of hydrogen-bond donors (Lipinski definition) is 3. The third-order valence-corrected chi connectivity index (χ3v) is 4.73. The maximum atomic E-state index is 12.3. The number of carbonyl (C=O) groups is 2. The zero-order valence-electron chi connectivity index (χ0n) is 13.5. The van der Waals surface area contributed by atoms with Gasteiger partial charge in [0.1, 0.15) is 5.66 Å². The number of hydrogen-bond acceptors (Lipinski definition) is 4. The van der Waals surface area contributed by atoms with Gasteiger partial charge in [0.15, 0.2) is 0 Å². The Hall–Kier alpha value is -1.89. The molecule has 0 aliphatic heterocycles. The van der Waals surface area contributed by atoms with E-state index in [0.29, 0.717) is 13.0 Å². The van der Waals surface area contributed by atoms with Crippen molar-refractivity contribution in [2.24, 2.45) is 17.4 Å². The minimum absolute atomic E-state index is 0.101. The van der Waals surface area contributed by atoms with Crippen molar-refractivity contribution in [2.75, 3.05) is 6.54 Å². The van der Waals surface area contributed by atoms with Crippen LogP contribution in [0.1, 0.15) is 51.4 Å². The van der Waals surface area contributed by atoms with Gasteiger partial charge in [0.2, 0.25) is 11.8 Å². The van der Waals surface area contributed by atoms with Gasteiger partial charge in [0, 0.05) is 37.7 Å². The van der Waals surface area contributed by atoms with Gasteiger partial charge in [-0.1, -0.05) is 19.3 Å². The summed E-state index contributed by atoms with van der Waals surface area (Å²) in [6.07, 6.45) is 11.7. The summed E-state index contributed by atoms with van der Waals surface area (Å²) in [5.41, 5.74) is 10.2. The summed E-state index contributed by atoms with van der Waals surface area (Å²) < 4.78 is 1.93. The molecule has 1 atom stereocenters. The molecule has 1 fully saturated rings. The molecule has 2 rings (SSSR count). The van der Waals surface area contributed by atoms with Crippen molar-refractivity contribution in [3.8, 4) is 0 Å². The van der Waals surface area contributed by atoms with Gasteiger partial charge >= 0.3 is 0 Å². The number of aromatic nitrogens is 2. The zero-order valence-corrected chi connectivity index (χ0v) is 13.5. The van der Waals surface area contributed by atoms with Gasteiger partial charge in [-0.3, -0.25) is 9.59 Å². The minimum atomic E-state index is -0.655. The second-order valence-corrected chi connectivity index (χ2v) is 6.28. The van der Waals surface area contributed by atoms with Crippen LogP contribution in [0.2, 0.25) is 0 Å². The van der Waals surface area contributed by atoms with E-state index in [2.05, 4.69) is 10.3 Å². The molecule has 0 aromatic carbocycles. The van der Waals surface area contributed by atoms with E-state index in [9.17, 15) is 9.59 Å². The number of rotatable bonds is 8. The highest BCUT2D eigenvalue weighted by atomic mass is 16.2. The first-order valence-electron chi connectivity index (χ1n) is 8.36. The van der Waals surface area contributed by atoms with Gasteiger partial charge in [-0.05, 0) is 19.3 Å². The lowest BCUT2D eigenvalue weighted by molar-refractivity contribution is -0.127. The summed E-state index contributed by atoms with van der Waals surface area (Å²) in [5, 5.41) is 3.16. The van der Waals surface area contributed by atoms with Crippen LogP contribution in [0.15, 0.2) is 18.7 Å². The zero-order chi connectivity index (χ0) is 16.7. The van der Waals surface area contributed by atoms with Gasteiger partial charge in [-0.25, -0.2) is 4.98 Å². The molecular formula is C16H27N5O2. The van der Waals surface area contributed by atoms with E-state index < -0.39 is 5.66 Å². The van der Waals surface area contributed by atoms with Crippen molar-refractivity contribution >= 4 is 11.8 Å². The fraction of sp³-hybridized carbons (Fsp3) is 0.688. The van der Waals surface area contributed by atoms with Crippen molar-refractivity contribution in [2.45, 2.75) is 57.0 Å². The van der Waals surface area contributed by atoms with E-state index in [-0.39, 0.29) is 30.6 Å². The molecule has 0 bridgehead atoms. The summed E-state index contributed by atoms with van der Waals surface area (Å²) >= 11 is 0. The van der Waals surface area contributed by atoms with E-state index in [0.717, 1.165) is 25.7 Å². The van der Waals surface area contributed by atoms with Gasteiger partial charge < -0.3 is 21.4 Å². The molecule has 1 aromatic heterocycles. The molecule has 5 N–H and O–H groups in total. The minimum Gasteiger partial charge on any atom is -0.370 e. The second kappa shape index (κ2) is 8.10. The standard InChI is InChI=1S/C16H27N5O2/c17-9-7-15(23)20-16(8-6-14(18)22,21-11-10-19-12-21)13-4-2-1-3-5-13/h10-13H,1-9,17H2,(H2,18,22)(H,20,23). The highest BCUT2D eigenvalue weighted by Gasteiger charge is 2.41. The lowest BCUT2D eigenvalue weighted by Gasteiger charge is -2.44. The van der Waals surface area contributed by atoms with Crippen LogP contribution in [0.4, 0.5) is 0 Å². The predicted molar refractivity (Wildman–Crippen MR) is 87.0 cm³/mol. The second-order valence-electron chi connectivity index (χ2n) is 6.28. The lowest BCUT2D eigenvalue weighted by Crippen LogP contribution is -2.56. The summed E-state index contributed by atoms with van der Waals surface area (Å²) in [6, 6.07) is 0. The molecule has 7 nitrogen and oxygen atoms in total. The SMILES string of the molecule is NCCC(=O)NC(CCC(N)=O)(C1CCCCC1)n1ccnc1. The predicted octanol–water partition coefficient (Wildman–Crippen LogP) is 0.847. The number of imidazole rings is 1. The van der Waals surface area contributed by atoms with Crippen LogP contribution in [0.25, 0.3) is 0 Å². The first-order valence-corrected chi connectivity index (χ1v) is 8.36. The molecule has 23 heavy (non-hydrogen) atoms. The first kappa shape index (κ1) is 17.5. The van der Waals surface area contributed by atoms with Crippen molar-refractivity contribution < 1.29 is 9.59 Å². The maximum absolute atomic E-state index is 12.3. The maximum Gasteiger partial charge on any atom is 0.223 e. The first-order chi connectivity index (χ1) is 11.1. The molecule has 7 heteroatoms. The number of nitrogens with two attached hydrogens (primary N) is 2. The van der Waals surface area contributed by atoms with Crippen LogP contribution in [-0.4, -0.2) is 27.9 Å². The number of amides is 2. The third-order valence-electron chi connectivity index (χ3n) is 4.73. The summed E-state index contributed by atoms with van der Waals surface area (Å²) in [7, 11) is 0. The van der Waals surface area contributed by atoms with Crippen molar-refractivity contribution in [1.82, 2.24) is 14.9 Å². The smallest absolute Gasteiger partial charge is 0.223 e. The molecular weight excluding hydrogens is 294 g/mol. The Balaban J connectivity index is 2.34. The van der Waals surface area contributed by atoms with Gasteiger partial charge in [-0.2, -0.15) is 0 Å². The summed E-state index contributed by atoms with van der Waals surface area (Å²) in [5.74, 6) is -0.207. The van der Waals surface area contributed by atoms with Gasteiger partial charge in [0.05, 0.1) is 6.33 Å². The quantitative estimate of drug-likeness (QED) is 0.658. The van der Waals surface area contributed by atoms with Crippen LogP contribution in [0, 0.1) is 5.92 Å². The highest BCUT2D eigenvalue weighted by molar-refractivity contribution is 5.77. The monoisotopic (exact) mass is 321 g/mol. The average Bonchev–Trinajstić information content (AvgIpc) is 3.07. The highest BCUT2D eigenvalue weighted by Crippen LogP contribution is 2.39. The van der Waals surface area contributed by atoms with Crippen LogP contribution in [0.5, 0.6) is 0 Å². The number of carbonyl (C=O) groups excluding carboxylic acids is 2. The van der Waals surface area contributed by atoms with E-state index in [1.807, 2.05) is 10.8 Å². The van der Waals surface area contributed by atoms with E-state index in [1.165, 1.54) is 6.42 Å². The van der Waals surface area contributed by atoms with E-state index >= 15 is 0 Å². The Morgan fingerprint density at radius 3 is 2.57 bits per heavy atom. The average molecular weight is 321 g/mol. The molecule has 0 radical (unpaired) electrons. The Kier molecular flexibility index (Phi) is 6.15. The summed E-state index contributed by atoms with van der Waals surface area (Å²) in [4.78, 5) is 27.8. The molecule has 128 valence electrons. The normalized spacial score (nSPS) is 18.3. The van der Waals surface area contributed by atoms with Crippen molar-refractivity contribution in [1.29, 1.82) is 0 Å². The van der Waals surface area contributed by atoms with Crippen molar-refractivity contribution in [3.05, 3.63) is 18.7 Å². The molecule has 0 spiro atoms. The Bertz CT molecular complexity index is 511. The molecule has 0 saturated heterocycles. The molecule has 1 heterocycles. The van der Waals surface area contributed by atoms with Crippen LogP contribution < -0.4 is 16.8 Å². The third kappa shape index (κ3) is 4.31. The molecule has 1 aliphatic carbocycles. The lowest BCUT2D eigenvalue weighted by atomic mass is 9.77. The van der Waals surface area contributed by atoms with Crippen LogP contribution in [0.3, 0.4) is 0 Å². The Labute approximate surface area is 136 Å². The van der Waals surface area contributed by atoms with Crippen molar-refractivity contribution in [3.63, 3.8) is 0 Å². The fourth-order valence-electron chi connectivity index (χ4n) is 3.60.